The molecule has 1 atom stereocenters. The molecular weight excluding hydrogens is 327 g/mol. The molecule has 0 aliphatic carbocycles. The van der Waals surface area contributed by atoms with E-state index in [4.69, 9.17) is 16.2 Å². The molecule has 0 fully saturated rings. The molecule has 1 N–H and O–H groups in total. The number of hydrogen-bond donors (Lipinski definition) is 1. The van der Waals surface area contributed by atoms with Gasteiger partial charge in [-0.25, -0.2) is 13.6 Å². The van der Waals surface area contributed by atoms with Crippen LogP contribution in [0.5, 0.6) is 0 Å². The lowest BCUT2D eigenvalue weighted by atomic mass is 10.1. The molecule has 0 saturated heterocycles. The summed E-state index contributed by atoms with van der Waals surface area (Å²) in [5, 5.41) is 0.293. The third-order valence-electron chi connectivity index (χ3n) is 3.16. The van der Waals surface area contributed by atoms with Crippen LogP contribution >= 0.6 is 11.6 Å². The van der Waals surface area contributed by atoms with Crippen LogP contribution in [0.4, 0.5) is 4.39 Å². The Morgan fingerprint density at radius 2 is 1.73 bits per heavy atom. The largest absolute Gasteiger partial charge is 0.302 e. The first-order chi connectivity index (χ1) is 10.6. The van der Waals surface area contributed by atoms with Crippen molar-refractivity contribution in [3.63, 3.8) is 0 Å². The van der Waals surface area contributed by atoms with Crippen molar-refractivity contribution in [2.45, 2.75) is 4.90 Å². The normalized spacial score (nSPS) is 12.3. The molecule has 0 radical (unpaired) electrons. The number of rotatable bonds is 3. The van der Waals surface area contributed by atoms with Crippen molar-refractivity contribution in [1.29, 1.82) is 0 Å². The quantitative estimate of drug-likeness (QED) is 0.738. The topological polar surface area (TPSA) is 55.1 Å². The summed E-state index contributed by atoms with van der Waals surface area (Å²) >= 11 is 4.11. The first kappa shape index (κ1) is 14.9. The minimum absolute atomic E-state index is 0.293. The smallest absolute Gasteiger partial charge is 0.186 e. The van der Waals surface area contributed by atoms with E-state index in [1.807, 2.05) is 0 Å². The molecule has 1 aromatic heterocycles. The van der Waals surface area contributed by atoms with Crippen LogP contribution < -0.4 is 0 Å². The van der Waals surface area contributed by atoms with Gasteiger partial charge in [-0.2, -0.15) is 0 Å². The van der Waals surface area contributed by atoms with Gasteiger partial charge in [-0.3, -0.25) is 4.57 Å². The highest BCUT2D eigenvalue weighted by Crippen LogP contribution is 2.30. The van der Waals surface area contributed by atoms with Gasteiger partial charge in [0.25, 0.3) is 0 Å². The van der Waals surface area contributed by atoms with Crippen molar-refractivity contribution < 1.29 is 13.2 Å². The molecule has 0 bridgehead atoms. The molecule has 0 aliphatic rings. The van der Waals surface area contributed by atoms with Crippen LogP contribution in [0, 0.1) is 5.82 Å². The van der Waals surface area contributed by atoms with Gasteiger partial charge in [0, 0.05) is 11.3 Å². The van der Waals surface area contributed by atoms with Crippen LogP contribution in [0.2, 0.25) is 5.15 Å². The first-order valence-electron chi connectivity index (χ1n) is 6.26. The van der Waals surface area contributed by atoms with Crippen LogP contribution in [0.3, 0.4) is 0 Å². The number of benzene rings is 2. The van der Waals surface area contributed by atoms with Gasteiger partial charge in [0.2, 0.25) is 0 Å². The lowest BCUT2D eigenvalue weighted by molar-refractivity contribution is 0.564. The van der Waals surface area contributed by atoms with Gasteiger partial charge in [-0.05, 0) is 48.5 Å². The maximum absolute atomic E-state index is 13.1. The fourth-order valence-corrected chi connectivity index (χ4v) is 2.72. The molecule has 4 nitrogen and oxygen atoms in total. The number of nitrogens with zero attached hydrogens (tertiary/aromatic N) is 2. The molecule has 0 saturated carbocycles. The summed E-state index contributed by atoms with van der Waals surface area (Å²) < 4.78 is 34.9. The lowest BCUT2D eigenvalue weighted by Gasteiger charge is -2.09. The van der Waals surface area contributed by atoms with Gasteiger partial charge in [0.1, 0.15) is 12.1 Å². The van der Waals surface area contributed by atoms with E-state index in [2.05, 4.69) is 4.98 Å². The maximum Gasteiger partial charge on any atom is 0.186 e. The average molecular weight is 337 g/mol. The monoisotopic (exact) mass is 336 g/mol. The molecule has 3 rings (SSSR count). The predicted molar refractivity (Wildman–Crippen MR) is 83.0 cm³/mol. The Bertz CT molecular complexity index is 832. The molecule has 22 heavy (non-hydrogen) atoms. The number of imidazole rings is 1. The van der Waals surface area contributed by atoms with Crippen molar-refractivity contribution in [2.75, 3.05) is 0 Å². The zero-order valence-corrected chi connectivity index (χ0v) is 12.7. The second-order valence-corrected chi connectivity index (χ2v) is 5.83. The van der Waals surface area contributed by atoms with E-state index in [0.717, 1.165) is 11.3 Å². The van der Waals surface area contributed by atoms with E-state index in [1.54, 1.807) is 47.3 Å². The number of aromatic nitrogens is 2. The molecule has 112 valence electrons. The van der Waals surface area contributed by atoms with Crippen LogP contribution in [0.15, 0.2) is 59.8 Å². The summed E-state index contributed by atoms with van der Waals surface area (Å²) in [5.74, 6) is -0.333. The fraction of sp³-hybridized carbons (Fsp3) is 0. The highest BCUT2D eigenvalue weighted by atomic mass is 35.5. The molecule has 1 heterocycles. The minimum atomic E-state index is -2.02. The fourth-order valence-electron chi connectivity index (χ4n) is 2.11. The van der Waals surface area contributed by atoms with Crippen LogP contribution in [0.1, 0.15) is 0 Å². The first-order valence-corrected chi connectivity index (χ1v) is 7.75. The zero-order chi connectivity index (χ0) is 15.7. The van der Waals surface area contributed by atoms with Crippen LogP contribution in [-0.2, 0) is 11.1 Å². The van der Waals surface area contributed by atoms with Gasteiger partial charge in [0.15, 0.2) is 16.2 Å². The van der Waals surface area contributed by atoms with Crippen molar-refractivity contribution in [3.05, 3.63) is 65.8 Å². The summed E-state index contributed by atoms with van der Waals surface area (Å²) in [7, 11) is 0. The Balaban J connectivity index is 2.09. The lowest BCUT2D eigenvalue weighted by Crippen LogP contribution is -1.96. The molecule has 7 heteroatoms. The zero-order valence-electron chi connectivity index (χ0n) is 11.1. The van der Waals surface area contributed by atoms with Gasteiger partial charge in [-0.15, -0.1) is 0 Å². The van der Waals surface area contributed by atoms with Crippen LogP contribution in [-0.4, -0.2) is 18.3 Å². The summed E-state index contributed by atoms with van der Waals surface area (Å²) in [6, 6.07) is 12.4. The Labute approximate surface area is 133 Å². The summed E-state index contributed by atoms with van der Waals surface area (Å²) in [6.45, 7) is 0. The van der Waals surface area contributed by atoms with E-state index in [1.165, 1.54) is 12.1 Å². The highest BCUT2D eigenvalue weighted by Gasteiger charge is 2.13. The van der Waals surface area contributed by atoms with Crippen molar-refractivity contribution in [2.24, 2.45) is 0 Å². The second kappa shape index (κ2) is 6.00. The molecule has 0 spiro atoms. The highest BCUT2D eigenvalue weighted by molar-refractivity contribution is 7.79. The van der Waals surface area contributed by atoms with Gasteiger partial charge in [-0.1, -0.05) is 11.6 Å². The predicted octanol–water partition coefficient (Wildman–Crippen LogP) is 3.91. The molecular formula is C15H10ClFN2O2S. The SMILES string of the molecule is O=S(O)c1ccc(-n2cnc(Cl)c2-c2ccc(F)cc2)cc1. The molecule has 0 amide bonds. The Morgan fingerprint density at radius 3 is 2.32 bits per heavy atom. The molecule has 3 aromatic rings. The Kier molecular flexibility index (Phi) is 4.06. The Hall–Kier alpha value is -2.02. The standard InChI is InChI=1S/C15H10ClFN2O2S/c16-15-14(10-1-3-11(17)4-2-10)19(9-18-15)12-5-7-13(8-6-12)22(20)21/h1-9H,(H,20,21). The van der Waals surface area contributed by atoms with Gasteiger partial charge < -0.3 is 4.55 Å². The van der Waals surface area contributed by atoms with Crippen molar-refractivity contribution in [1.82, 2.24) is 9.55 Å². The summed E-state index contributed by atoms with van der Waals surface area (Å²) in [5.41, 5.74) is 2.08. The van der Waals surface area contributed by atoms with Gasteiger partial charge >= 0.3 is 0 Å². The maximum atomic E-state index is 13.1. The molecule has 2 aromatic carbocycles. The third kappa shape index (κ3) is 2.81. The van der Waals surface area contributed by atoms with E-state index >= 15 is 0 Å². The van der Waals surface area contributed by atoms with Crippen molar-refractivity contribution >= 4 is 22.7 Å². The summed E-state index contributed by atoms with van der Waals surface area (Å²) in [4.78, 5) is 4.38. The Morgan fingerprint density at radius 1 is 1.09 bits per heavy atom. The number of halogens is 2. The molecule has 0 aliphatic heterocycles. The summed E-state index contributed by atoms with van der Waals surface area (Å²) in [6.07, 6.45) is 1.55. The molecule has 1 unspecified atom stereocenters. The third-order valence-corrected chi connectivity index (χ3v) is 4.11. The van der Waals surface area contributed by atoms with Gasteiger partial charge in [0.05, 0.1) is 10.6 Å². The van der Waals surface area contributed by atoms with Crippen molar-refractivity contribution in [3.8, 4) is 16.9 Å². The minimum Gasteiger partial charge on any atom is -0.302 e. The van der Waals surface area contributed by atoms with E-state index < -0.39 is 11.1 Å². The van der Waals surface area contributed by atoms with Crippen LogP contribution in [0.25, 0.3) is 16.9 Å². The second-order valence-electron chi connectivity index (χ2n) is 4.50. The van der Waals surface area contributed by atoms with E-state index in [-0.39, 0.29) is 5.82 Å². The van der Waals surface area contributed by atoms with E-state index in [0.29, 0.717) is 15.7 Å². The van der Waals surface area contributed by atoms with E-state index in [9.17, 15) is 8.60 Å². The average Bonchev–Trinajstić information content (AvgIpc) is 2.90. The number of hydrogen-bond acceptors (Lipinski definition) is 2.